The molecule has 2 aromatic carbocycles. The highest BCUT2D eigenvalue weighted by Crippen LogP contribution is 2.19. The van der Waals surface area contributed by atoms with Gasteiger partial charge in [0.2, 0.25) is 5.91 Å². The van der Waals surface area contributed by atoms with Crippen LogP contribution in [0.25, 0.3) is 10.9 Å². The van der Waals surface area contributed by atoms with Crippen molar-refractivity contribution >= 4 is 22.5 Å². The number of aromatic amines is 1. The molecule has 1 aromatic heterocycles. The summed E-state index contributed by atoms with van der Waals surface area (Å²) < 4.78 is 10.8. The van der Waals surface area contributed by atoms with E-state index in [1.807, 2.05) is 61.5 Å². The van der Waals surface area contributed by atoms with E-state index in [1.165, 1.54) is 0 Å². The molecule has 5 heteroatoms. The summed E-state index contributed by atoms with van der Waals surface area (Å²) in [5.41, 5.74) is 2.91. The first kappa shape index (κ1) is 16.1. The van der Waals surface area contributed by atoms with Gasteiger partial charge in [-0.1, -0.05) is 18.2 Å². The van der Waals surface area contributed by atoms with E-state index in [0.717, 1.165) is 28.0 Å². The van der Waals surface area contributed by atoms with Crippen LogP contribution in [-0.4, -0.2) is 30.7 Å². The topological polar surface area (TPSA) is 63.4 Å². The Labute approximate surface area is 140 Å². The minimum Gasteiger partial charge on any atom is -0.491 e. The van der Waals surface area contributed by atoms with Gasteiger partial charge in [-0.2, -0.15) is 0 Å². The van der Waals surface area contributed by atoms with Crippen molar-refractivity contribution in [2.24, 2.45) is 0 Å². The molecule has 0 aliphatic carbocycles. The zero-order valence-electron chi connectivity index (χ0n) is 13.5. The number of para-hydroxylation sites is 1. The van der Waals surface area contributed by atoms with Gasteiger partial charge in [0.15, 0.2) is 0 Å². The van der Waals surface area contributed by atoms with Gasteiger partial charge >= 0.3 is 0 Å². The lowest BCUT2D eigenvalue weighted by Gasteiger charge is -2.08. The first-order valence-corrected chi connectivity index (χ1v) is 7.85. The summed E-state index contributed by atoms with van der Waals surface area (Å²) >= 11 is 0. The van der Waals surface area contributed by atoms with Crippen LogP contribution in [-0.2, 0) is 9.53 Å². The number of carbonyl (C=O) groups excluding carboxylic acids is 1. The summed E-state index contributed by atoms with van der Waals surface area (Å²) in [4.78, 5) is 15.2. The van der Waals surface area contributed by atoms with E-state index >= 15 is 0 Å². The van der Waals surface area contributed by atoms with Gasteiger partial charge < -0.3 is 19.8 Å². The zero-order chi connectivity index (χ0) is 16.8. The third-order valence-corrected chi connectivity index (χ3v) is 3.51. The van der Waals surface area contributed by atoms with E-state index in [2.05, 4.69) is 10.3 Å². The molecule has 1 heterocycles. The van der Waals surface area contributed by atoms with Crippen molar-refractivity contribution in [3.63, 3.8) is 0 Å². The van der Waals surface area contributed by atoms with Gasteiger partial charge in [-0.25, -0.2) is 0 Å². The smallest absolute Gasteiger partial charge is 0.250 e. The van der Waals surface area contributed by atoms with Crippen LogP contribution in [0, 0.1) is 6.92 Å². The van der Waals surface area contributed by atoms with Gasteiger partial charge in [-0.05, 0) is 43.3 Å². The van der Waals surface area contributed by atoms with Crippen LogP contribution in [0.5, 0.6) is 5.75 Å². The molecule has 124 valence electrons. The quantitative estimate of drug-likeness (QED) is 0.654. The molecular weight excluding hydrogens is 304 g/mol. The Balaban J connectivity index is 1.40. The van der Waals surface area contributed by atoms with Crippen molar-refractivity contribution in [2.45, 2.75) is 6.92 Å². The van der Waals surface area contributed by atoms with Crippen LogP contribution in [0.1, 0.15) is 5.69 Å². The predicted octanol–water partition coefficient (Wildman–Crippen LogP) is 3.51. The van der Waals surface area contributed by atoms with Gasteiger partial charge in [-0.15, -0.1) is 0 Å². The fraction of sp³-hybridized carbons (Fsp3) is 0.211. The third-order valence-electron chi connectivity index (χ3n) is 3.51. The van der Waals surface area contributed by atoms with Crippen LogP contribution in [0.4, 0.5) is 5.69 Å². The second-order valence-electron chi connectivity index (χ2n) is 5.52. The second kappa shape index (κ2) is 7.66. The highest BCUT2D eigenvalue weighted by atomic mass is 16.5. The average molecular weight is 324 g/mol. The maximum absolute atomic E-state index is 11.9. The summed E-state index contributed by atoms with van der Waals surface area (Å²) in [6.07, 6.45) is 0. The number of rotatable bonds is 7. The number of amides is 1. The van der Waals surface area contributed by atoms with E-state index in [9.17, 15) is 4.79 Å². The molecule has 0 spiro atoms. The molecule has 0 bridgehead atoms. The van der Waals surface area contributed by atoms with Crippen molar-refractivity contribution in [3.05, 3.63) is 60.3 Å². The van der Waals surface area contributed by atoms with Gasteiger partial charge in [-0.3, -0.25) is 4.79 Å². The van der Waals surface area contributed by atoms with Crippen molar-refractivity contribution < 1.29 is 14.3 Å². The maximum atomic E-state index is 11.9. The van der Waals surface area contributed by atoms with Gasteiger partial charge in [0.1, 0.15) is 19.0 Å². The molecule has 24 heavy (non-hydrogen) atoms. The van der Waals surface area contributed by atoms with Gasteiger partial charge in [0, 0.05) is 22.3 Å². The molecule has 5 nitrogen and oxygen atoms in total. The standard InChI is InChI=1S/C19H20N2O3/c1-14-11-15-12-16(7-8-18(15)20-14)21-19(22)13-23-9-10-24-17-5-3-2-4-6-17/h2-8,11-12,20H,9-10,13H2,1H3,(H,21,22). The van der Waals surface area contributed by atoms with Crippen molar-refractivity contribution in [2.75, 3.05) is 25.1 Å². The maximum Gasteiger partial charge on any atom is 0.250 e. The number of ether oxygens (including phenoxy) is 2. The lowest BCUT2D eigenvalue weighted by Crippen LogP contribution is -2.20. The molecule has 3 rings (SSSR count). The zero-order valence-corrected chi connectivity index (χ0v) is 13.5. The number of benzene rings is 2. The number of H-pyrrole nitrogens is 1. The molecule has 3 aromatic rings. The number of aromatic nitrogens is 1. The first-order valence-electron chi connectivity index (χ1n) is 7.85. The summed E-state index contributed by atoms with van der Waals surface area (Å²) in [6.45, 7) is 2.77. The second-order valence-corrected chi connectivity index (χ2v) is 5.52. The Morgan fingerprint density at radius 1 is 1.08 bits per heavy atom. The van der Waals surface area contributed by atoms with E-state index in [-0.39, 0.29) is 12.5 Å². The van der Waals surface area contributed by atoms with Crippen LogP contribution in [0.2, 0.25) is 0 Å². The molecule has 0 aliphatic rings. The molecule has 0 saturated carbocycles. The monoisotopic (exact) mass is 324 g/mol. The van der Waals surface area contributed by atoms with Gasteiger partial charge in [0.05, 0.1) is 6.61 Å². The SMILES string of the molecule is Cc1cc2cc(NC(=O)COCCOc3ccccc3)ccc2[nH]1. The minimum absolute atomic E-state index is 0.00233. The molecule has 0 fully saturated rings. The molecule has 1 amide bonds. The number of carbonyl (C=O) groups is 1. The molecule has 0 unspecified atom stereocenters. The fourth-order valence-electron chi connectivity index (χ4n) is 2.45. The molecule has 0 atom stereocenters. The third kappa shape index (κ3) is 4.36. The van der Waals surface area contributed by atoms with Crippen LogP contribution < -0.4 is 10.1 Å². The summed E-state index contributed by atoms with van der Waals surface area (Å²) in [6, 6.07) is 17.3. The Bertz CT molecular complexity index is 812. The number of fused-ring (bicyclic) bond motifs is 1. The van der Waals surface area contributed by atoms with E-state index in [4.69, 9.17) is 9.47 Å². The largest absolute Gasteiger partial charge is 0.491 e. The Kier molecular flexibility index (Phi) is 5.13. The number of aryl methyl sites for hydroxylation is 1. The fourth-order valence-corrected chi connectivity index (χ4v) is 2.45. The highest BCUT2D eigenvalue weighted by molar-refractivity contribution is 5.94. The molecule has 0 radical (unpaired) electrons. The molecule has 0 aliphatic heterocycles. The van der Waals surface area contributed by atoms with E-state index in [0.29, 0.717) is 13.2 Å². The van der Waals surface area contributed by atoms with Crippen molar-refractivity contribution in [3.8, 4) is 5.75 Å². The number of hydrogen-bond acceptors (Lipinski definition) is 3. The first-order chi connectivity index (χ1) is 11.7. The number of nitrogens with one attached hydrogen (secondary N) is 2. The molecule has 0 saturated heterocycles. The van der Waals surface area contributed by atoms with Crippen LogP contribution in [0.3, 0.4) is 0 Å². The molecule has 2 N–H and O–H groups in total. The number of anilines is 1. The van der Waals surface area contributed by atoms with Crippen molar-refractivity contribution in [1.29, 1.82) is 0 Å². The lowest BCUT2D eigenvalue weighted by atomic mass is 10.2. The van der Waals surface area contributed by atoms with Crippen LogP contribution in [0.15, 0.2) is 54.6 Å². The average Bonchev–Trinajstić information content (AvgIpc) is 2.95. The summed E-state index contributed by atoms with van der Waals surface area (Å²) in [5, 5.41) is 3.91. The Morgan fingerprint density at radius 3 is 2.75 bits per heavy atom. The van der Waals surface area contributed by atoms with Crippen molar-refractivity contribution in [1.82, 2.24) is 4.98 Å². The van der Waals surface area contributed by atoms with E-state index in [1.54, 1.807) is 0 Å². The minimum atomic E-state index is -0.179. The lowest BCUT2D eigenvalue weighted by molar-refractivity contribution is -0.120. The highest BCUT2D eigenvalue weighted by Gasteiger charge is 2.04. The molecular formula is C19H20N2O3. The normalized spacial score (nSPS) is 10.7. The number of hydrogen-bond donors (Lipinski definition) is 2. The van der Waals surface area contributed by atoms with Gasteiger partial charge in [0.25, 0.3) is 0 Å². The van der Waals surface area contributed by atoms with Crippen LogP contribution >= 0.6 is 0 Å². The van der Waals surface area contributed by atoms with E-state index < -0.39 is 0 Å². The summed E-state index contributed by atoms with van der Waals surface area (Å²) in [5.74, 6) is 0.613. The predicted molar refractivity (Wildman–Crippen MR) is 94.4 cm³/mol. The Morgan fingerprint density at radius 2 is 1.92 bits per heavy atom. The Hall–Kier alpha value is -2.79. The summed E-state index contributed by atoms with van der Waals surface area (Å²) in [7, 11) is 0.